The first kappa shape index (κ1) is 13.9. The van der Waals surface area contributed by atoms with Crippen LogP contribution in [-0.2, 0) is 11.8 Å². The summed E-state index contributed by atoms with van der Waals surface area (Å²) in [6.07, 6.45) is 0.947. The number of nitrogens with zero attached hydrogens (tertiary/aromatic N) is 2. The Morgan fingerprint density at radius 2 is 2.21 bits per heavy atom. The van der Waals surface area contributed by atoms with Crippen LogP contribution in [-0.4, -0.2) is 27.3 Å². The fraction of sp³-hybridized carbons (Fsp3) is 0.429. The molecule has 2 aromatic rings. The van der Waals surface area contributed by atoms with Crippen molar-refractivity contribution in [1.82, 2.24) is 14.9 Å². The maximum absolute atomic E-state index is 11.7. The van der Waals surface area contributed by atoms with Crippen LogP contribution < -0.4 is 5.32 Å². The van der Waals surface area contributed by atoms with Crippen molar-refractivity contribution in [2.75, 3.05) is 5.75 Å². The molecule has 0 bridgehead atoms. The van der Waals surface area contributed by atoms with Crippen LogP contribution >= 0.6 is 11.8 Å². The van der Waals surface area contributed by atoms with E-state index in [2.05, 4.69) is 17.2 Å². The van der Waals surface area contributed by atoms with Gasteiger partial charge in [0, 0.05) is 13.1 Å². The smallest absolute Gasteiger partial charge is 0.230 e. The van der Waals surface area contributed by atoms with Crippen molar-refractivity contribution >= 4 is 28.7 Å². The third-order valence-corrected chi connectivity index (χ3v) is 4.13. The van der Waals surface area contributed by atoms with Crippen LogP contribution in [0.15, 0.2) is 29.4 Å². The highest BCUT2D eigenvalue weighted by atomic mass is 32.2. The zero-order chi connectivity index (χ0) is 13.8. The Bertz CT molecular complexity index is 579. The second kappa shape index (κ2) is 6.10. The molecule has 1 atom stereocenters. The molecule has 1 amide bonds. The van der Waals surface area contributed by atoms with Crippen LogP contribution in [0.25, 0.3) is 11.0 Å². The summed E-state index contributed by atoms with van der Waals surface area (Å²) in [7, 11) is 1.98. The first-order valence-electron chi connectivity index (χ1n) is 6.45. The summed E-state index contributed by atoms with van der Waals surface area (Å²) in [5.74, 6) is 0.466. The molecule has 1 aromatic carbocycles. The van der Waals surface area contributed by atoms with E-state index in [0.717, 1.165) is 22.6 Å². The highest BCUT2D eigenvalue weighted by Gasteiger charge is 2.11. The van der Waals surface area contributed by atoms with Gasteiger partial charge in [0.25, 0.3) is 0 Å². The molecule has 4 nitrogen and oxygen atoms in total. The number of thioether (sulfide) groups is 1. The summed E-state index contributed by atoms with van der Waals surface area (Å²) in [6.45, 7) is 4.07. The van der Waals surface area contributed by atoms with Crippen LogP contribution in [0.4, 0.5) is 0 Å². The Labute approximate surface area is 117 Å². The van der Waals surface area contributed by atoms with Gasteiger partial charge in [-0.2, -0.15) is 0 Å². The average molecular weight is 277 g/mol. The van der Waals surface area contributed by atoms with E-state index in [0.29, 0.717) is 5.75 Å². The number of aryl methyl sites for hydroxylation is 1. The molecule has 102 valence electrons. The van der Waals surface area contributed by atoms with Crippen molar-refractivity contribution in [3.63, 3.8) is 0 Å². The van der Waals surface area contributed by atoms with Gasteiger partial charge in [-0.25, -0.2) is 4.98 Å². The lowest BCUT2D eigenvalue weighted by atomic mass is 10.3. The largest absolute Gasteiger partial charge is 0.353 e. The number of fused-ring (bicyclic) bond motifs is 1. The number of carbonyl (C=O) groups excluding carboxylic acids is 1. The number of imidazole rings is 1. The van der Waals surface area contributed by atoms with Crippen LogP contribution in [0.5, 0.6) is 0 Å². The SMILES string of the molecule is CCC(C)NC(=O)CSc1nc2ccccc2n1C. The topological polar surface area (TPSA) is 46.9 Å². The minimum absolute atomic E-state index is 0.0615. The number of aromatic nitrogens is 2. The Balaban J connectivity index is 2.02. The van der Waals surface area contributed by atoms with Gasteiger partial charge in [-0.1, -0.05) is 30.8 Å². The molecule has 0 spiro atoms. The summed E-state index contributed by atoms with van der Waals surface area (Å²) >= 11 is 1.47. The van der Waals surface area contributed by atoms with Gasteiger partial charge in [0.05, 0.1) is 16.8 Å². The van der Waals surface area contributed by atoms with E-state index in [9.17, 15) is 4.79 Å². The summed E-state index contributed by atoms with van der Waals surface area (Å²) in [4.78, 5) is 16.3. The van der Waals surface area contributed by atoms with E-state index >= 15 is 0 Å². The normalized spacial score (nSPS) is 12.6. The standard InChI is InChI=1S/C14H19N3OS/c1-4-10(2)15-13(18)9-19-14-16-11-7-5-6-8-12(11)17(14)3/h5-8,10H,4,9H2,1-3H3,(H,15,18). The molecule has 1 heterocycles. The molecule has 5 heteroatoms. The van der Waals surface area contributed by atoms with Crippen LogP contribution in [0, 0.1) is 0 Å². The second-order valence-electron chi connectivity index (χ2n) is 4.61. The van der Waals surface area contributed by atoms with E-state index in [1.807, 2.05) is 42.8 Å². The highest BCUT2D eigenvalue weighted by molar-refractivity contribution is 7.99. The minimum atomic E-state index is 0.0615. The Morgan fingerprint density at radius 3 is 2.89 bits per heavy atom. The van der Waals surface area contributed by atoms with Gasteiger partial charge >= 0.3 is 0 Å². The Kier molecular flexibility index (Phi) is 4.47. The lowest BCUT2D eigenvalue weighted by Crippen LogP contribution is -2.33. The van der Waals surface area contributed by atoms with Gasteiger partial charge in [0.1, 0.15) is 0 Å². The Morgan fingerprint density at radius 1 is 1.47 bits per heavy atom. The summed E-state index contributed by atoms with van der Waals surface area (Å²) in [5.41, 5.74) is 2.06. The van der Waals surface area contributed by atoms with Crippen molar-refractivity contribution in [3.05, 3.63) is 24.3 Å². The summed E-state index contributed by atoms with van der Waals surface area (Å²) in [5, 5.41) is 3.83. The van der Waals surface area contributed by atoms with E-state index in [4.69, 9.17) is 0 Å². The minimum Gasteiger partial charge on any atom is -0.353 e. The monoisotopic (exact) mass is 277 g/mol. The first-order valence-corrected chi connectivity index (χ1v) is 7.44. The predicted molar refractivity (Wildman–Crippen MR) is 79.3 cm³/mol. The zero-order valence-corrected chi connectivity index (χ0v) is 12.3. The molecule has 0 saturated heterocycles. The first-order chi connectivity index (χ1) is 9.11. The maximum Gasteiger partial charge on any atom is 0.230 e. The number of amides is 1. The molecule has 1 N–H and O–H groups in total. The third kappa shape index (κ3) is 3.29. The molecule has 0 aliphatic heterocycles. The number of nitrogens with one attached hydrogen (secondary N) is 1. The number of para-hydroxylation sites is 2. The number of hydrogen-bond donors (Lipinski definition) is 1. The maximum atomic E-state index is 11.7. The molecule has 1 aromatic heterocycles. The highest BCUT2D eigenvalue weighted by Crippen LogP contribution is 2.22. The zero-order valence-electron chi connectivity index (χ0n) is 11.5. The number of rotatable bonds is 5. The molecular formula is C14H19N3OS. The predicted octanol–water partition coefficient (Wildman–Crippen LogP) is 2.58. The fourth-order valence-electron chi connectivity index (χ4n) is 1.80. The molecular weight excluding hydrogens is 258 g/mol. The van der Waals surface area contributed by atoms with Gasteiger partial charge in [-0.05, 0) is 25.5 Å². The second-order valence-corrected chi connectivity index (χ2v) is 5.55. The number of benzene rings is 1. The van der Waals surface area contributed by atoms with Crippen molar-refractivity contribution in [2.45, 2.75) is 31.5 Å². The van der Waals surface area contributed by atoms with Crippen molar-refractivity contribution < 1.29 is 4.79 Å². The molecule has 0 fully saturated rings. The lowest BCUT2D eigenvalue weighted by Gasteiger charge is -2.10. The van der Waals surface area contributed by atoms with E-state index in [1.165, 1.54) is 11.8 Å². The van der Waals surface area contributed by atoms with Crippen LogP contribution in [0.1, 0.15) is 20.3 Å². The lowest BCUT2D eigenvalue weighted by molar-refractivity contribution is -0.119. The van der Waals surface area contributed by atoms with Crippen LogP contribution in [0.2, 0.25) is 0 Å². The van der Waals surface area contributed by atoms with Crippen molar-refractivity contribution in [2.24, 2.45) is 7.05 Å². The van der Waals surface area contributed by atoms with Gasteiger partial charge in [0.2, 0.25) is 5.91 Å². The molecule has 2 rings (SSSR count). The summed E-state index contributed by atoms with van der Waals surface area (Å²) < 4.78 is 2.02. The summed E-state index contributed by atoms with van der Waals surface area (Å²) in [6, 6.07) is 8.21. The van der Waals surface area contributed by atoms with E-state index < -0.39 is 0 Å². The average Bonchev–Trinajstić information content (AvgIpc) is 2.73. The Hall–Kier alpha value is -1.49. The van der Waals surface area contributed by atoms with Crippen molar-refractivity contribution in [3.8, 4) is 0 Å². The number of hydrogen-bond acceptors (Lipinski definition) is 3. The molecule has 1 unspecified atom stereocenters. The van der Waals surface area contributed by atoms with Gasteiger partial charge in [-0.3, -0.25) is 4.79 Å². The van der Waals surface area contributed by atoms with Gasteiger partial charge in [0.15, 0.2) is 5.16 Å². The molecule has 0 radical (unpaired) electrons. The molecule has 0 saturated carbocycles. The van der Waals surface area contributed by atoms with Gasteiger partial charge in [-0.15, -0.1) is 0 Å². The quantitative estimate of drug-likeness (QED) is 0.855. The fourth-order valence-corrected chi connectivity index (χ4v) is 2.60. The van der Waals surface area contributed by atoms with Crippen LogP contribution in [0.3, 0.4) is 0 Å². The van der Waals surface area contributed by atoms with E-state index in [1.54, 1.807) is 0 Å². The molecule has 0 aliphatic carbocycles. The van der Waals surface area contributed by atoms with E-state index in [-0.39, 0.29) is 11.9 Å². The molecule has 19 heavy (non-hydrogen) atoms. The van der Waals surface area contributed by atoms with Crippen molar-refractivity contribution in [1.29, 1.82) is 0 Å². The molecule has 0 aliphatic rings. The third-order valence-electron chi connectivity index (χ3n) is 3.10. The number of carbonyl (C=O) groups is 1. The van der Waals surface area contributed by atoms with Gasteiger partial charge < -0.3 is 9.88 Å².